The van der Waals surface area contributed by atoms with E-state index in [2.05, 4.69) is 38.2 Å². The largest absolute Gasteiger partial charge is 0.446 e. The van der Waals surface area contributed by atoms with Gasteiger partial charge in [0.15, 0.2) is 0 Å². The first kappa shape index (κ1) is 28.9. The first-order chi connectivity index (χ1) is 19.5. The van der Waals surface area contributed by atoms with Crippen LogP contribution in [0.5, 0.6) is 0 Å². The Morgan fingerprint density at radius 2 is 1.82 bits per heavy atom. The molecule has 3 N–H and O–H groups in total. The summed E-state index contributed by atoms with van der Waals surface area (Å²) in [4.78, 5) is 21.4. The highest BCUT2D eigenvalue weighted by Crippen LogP contribution is 2.37. The molecule has 9 nitrogen and oxygen atoms in total. The molecule has 0 aromatic carbocycles. The summed E-state index contributed by atoms with van der Waals surface area (Å²) in [7, 11) is 1.99. The maximum atomic E-state index is 12.1. The van der Waals surface area contributed by atoms with Crippen molar-refractivity contribution in [3.63, 3.8) is 0 Å². The Balaban J connectivity index is 1.00. The van der Waals surface area contributed by atoms with E-state index < -0.39 is 0 Å². The molecule has 2 fully saturated rings. The van der Waals surface area contributed by atoms with Crippen LogP contribution in [0.4, 0.5) is 10.7 Å². The van der Waals surface area contributed by atoms with Crippen LogP contribution in [0.1, 0.15) is 82.7 Å². The van der Waals surface area contributed by atoms with E-state index in [-0.39, 0.29) is 12.2 Å². The van der Waals surface area contributed by atoms with Crippen molar-refractivity contribution in [3.05, 3.63) is 35.3 Å². The summed E-state index contributed by atoms with van der Waals surface area (Å²) in [6.07, 6.45) is 21.6. The molecule has 3 aliphatic rings. The SMILES string of the molecule is Cn1ncc(-c2nc(NC3CCC(NCCCNC(=O)OC4CC/C=C\CCC4)CC3)ncc2Cl)c1CC1CC1. The van der Waals surface area contributed by atoms with E-state index in [1.54, 1.807) is 6.20 Å². The minimum Gasteiger partial charge on any atom is -0.446 e. The lowest BCUT2D eigenvalue weighted by Gasteiger charge is -2.30. The zero-order valence-electron chi connectivity index (χ0n) is 23.7. The lowest BCUT2D eigenvalue weighted by atomic mass is 9.91. The molecule has 5 rings (SSSR count). The van der Waals surface area contributed by atoms with E-state index in [1.165, 1.54) is 18.5 Å². The Morgan fingerprint density at radius 3 is 2.65 bits per heavy atom. The number of alkyl carbamates (subject to hydrolysis) is 1. The number of amides is 1. The minimum atomic E-state index is -0.281. The highest BCUT2D eigenvalue weighted by molar-refractivity contribution is 6.32. The molecule has 2 saturated carbocycles. The molecular formula is C30H44ClN7O2. The first-order valence-corrected chi connectivity index (χ1v) is 15.6. The number of allylic oxidation sites excluding steroid dienone is 2. The minimum absolute atomic E-state index is 0.0388. The fraction of sp³-hybridized carbons (Fsp3) is 0.667. The summed E-state index contributed by atoms with van der Waals surface area (Å²) >= 11 is 6.54. The van der Waals surface area contributed by atoms with Crippen LogP contribution in [0.2, 0.25) is 5.02 Å². The number of aromatic nitrogens is 4. The lowest BCUT2D eigenvalue weighted by Crippen LogP contribution is -2.38. The molecule has 1 atom stereocenters. The van der Waals surface area contributed by atoms with E-state index in [4.69, 9.17) is 21.3 Å². The van der Waals surface area contributed by atoms with Crippen molar-refractivity contribution in [2.75, 3.05) is 18.4 Å². The van der Waals surface area contributed by atoms with Crippen LogP contribution in [0.3, 0.4) is 0 Å². The number of anilines is 1. The van der Waals surface area contributed by atoms with Gasteiger partial charge in [0.2, 0.25) is 5.95 Å². The van der Waals surface area contributed by atoms with Crippen molar-refractivity contribution in [2.24, 2.45) is 13.0 Å². The van der Waals surface area contributed by atoms with Crippen LogP contribution in [-0.4, -0.2) is 57.1 Å². The van der Waals surface area contributed by atoms with Crippen molar-refractivity contribution in [2.45, 2.75) is 102 Å². The Morgan fingerprint density at radius 1 is 1.02 bits per heavy atom. The van der Waals surface area contributed by atoms with Crippen LogP contribution >= 0.6 is 11.6 Å². The summed E-state index contributed by atoms with van der Waals surface area (Å²) < 4.78 is 7.57. The van der Waals surface area contributed by atoms with E-state index in [0.717, 1.165) is 94.3 Å². The Labute approximate surface area is 242 Å². The monoisotopic (exact) mass is 569 g/mol. The predicted octanol–water partition coefficient (Wildman–Crippen LogP) is 5.80. The highest BCUT2D eigenvalue weighted by atomic mass is 35.5. The topological polar surface area (TPSA) is 106 Å². The lowest BCUT2D eigenvalue weighted by molar-refractivity contribution is 0.0864. The zero-order chi connectivity index (χ0) is 27.7. The maximum Gasteiger partial charge on any atom is 0.407 e. The van der Waals surface area contributed by atoms with Gasteiger partial charge in [-0.05, 0) is 95.9 Å². The molecule has 2 aromatic rings. The molecule has 10 heteroatoms. The molecule has 1 amide bonds. The molecule has 0 aliphatic heterocycles. The number of ether oxygens (including phenoxy) is 1. The summed E-state index contributed by atoms with van der Waals surface area (Å²) in [5.41, 5.74) is 2.97. The average Bonchev–Trinajstić information content (AvgIpc) is 3.69. The molecule has 1 unspecified atom stereocenters. The van der Waals surface area contributed by atoms with E-state index in [1.807, 2.05) is 17.9 Å². The first-order valence-electron chi connectivity index (χ1n) is 15.2. The predicted molar refractivity (Wildman–Crippen MR) is 158 cm³/mol. The molecule has 0 radical (unpaired) electrons. The third-order valence-electron chi connectivity index (χ3n) is 8.35. The van der Waals surface area contributed by atoms with Crippen molar-refractivity contribution in [1.29, 1.82) is 0 Å². The average molecular weight is 570 g/mol. The maximum absolute atomic E-state index is 12.1. The second kappa shape index (κ2) is 14.3. The van der Waals surface area contributed by atoms with Gasteiger partial charge in [-0.15, -0.1) is 0 Å². The number of halogens is 1. The second-order valence-corrected chi connectivity index (χ2v) is 12.0. The number of hydrogen-bond donors (Lipinski definition) is 3. The van der Waals surface area contributed by atoms with Crippen molar-refractivity contribution in [1.82, 2.24) is 30.4 Å². The number of carbonyl (C=O) groups is 1. The Hall–Kier alpha value is -2.65. The van der Waals surface area contributed by atoms with Gasteiger partial charge in [-0.3, -0.25) is 4.68 Å². The highest BCUT2D eigenvalue weighted by Gasteiger charge is 2.27. The zero-order valence-corrected chi connectivity index (χ0v) is 24.5. The van der Waals surface area contributed by atoms with Gasteiger partial charge in [0.1, 0.15) is 6.10 Å². The molecule has 3 aliphatic carbocycles. The number of aryl methyl sites for hydroxylation is 1. The summed E-state index contributed by atoms with van der Waals surface area (Å²) in [5.74, 6) is 1.38. The molecule has 0 spiro atoms. The van der Waals surface area contributed by atoms with Crippen LogP contribution in [0, 0.1) is 5.92 Å². The second-order valence-electron chi connectivity index (χ2n) is 11.6. The molecular weight excluding hydrogens is 526 g/mol. The normalized spacial score (nSPS) is 24.1. The fourth-order valence-corrected chi connectivity index (χ4v) is 5.96. The Bertz CT molecular complexity index is 1140. The fourth-order valence-electron chi connectivity index (χ4n) is 5.77. The summed E-state index contributed by atoms with van der Waals surface area (Å²) in [6, 6.07) is 0.835. The molecule has 2 aromatic heterocycles. The smallest absolute Gasteiger partial charge is 0.407 e. The van der Waals surface area contributed by atoms with Crippen molar-refractivity contribution in [3.8, 4) is 11.3 Å². The van der Waals surface area contributed by atoms with Gasteiger partial charge >= 0.3 is 6.09 Å². The van der Waals surface area contributed by atoms with Crippen LogP contribution in [0.25, 0.3) is 11.3 Å². The summed E-state index contributed by atoms with van der Waals surface area (Å²) in [5, 5.41) is 15.2. The standard InChI is InChI=1S/C30H44ClN7O2/c1-38-27(18-21-10-11-21)25(19-35-38)28-26(31)20-34-29(37-28)36-23-14-12-22(13-15-23)32-16-7-17-33-30(39)40-24-8-5-3-2-4-6-9-24/h2-3,19-24,32H,4-18H2,1H3,(H,33,39)(H,34,36,37)/b3-2-. The molecule has 0 saturated heterocycles. The number of nitrogens with one attached hydrogen (secondary N) is 3. The van der Waals surface area contributed by atoms with Crippen LogP contribution in [0.15, 0.2) is 24.5 Å². The van der Waals surface area contributed by atoms with Gasteiger partial charge in [-0.2, -0.15) is 5.10 Å². The number of hydrogen-bond acceptors (Lipinski definition) is 7. The summed E-state index contributed by atoms with van der Waals surface area (Å²) in [6.45, 7) is 1.51. The molecule has 40 heavy (non-hydrogen) atoms. The van der Waals surface area contributed by atoms with Crippen LogP contribution in [-0.2, 0) is 18.2 Å². The third-order valence-corrected chi connectivity index (χ3v) is 8.63. The third kappa shape index (κ3) is 8.43. The molecule has 218 valence electrons. The van der Waals surface area contributed by atoms with Crippen LogP contribution < -0.4 is 16.0 Å². The quantitative estimate of drug-likeness (QED) is 0.232. The van der Waals surface area contributed by atoms with E-state index >= 15 is 0 Å². The van der Waals surface area contributed by atoms with E-state index in [0.29, 0.717) is 29.6 Å². The van der Waals surface area contributed by atoms with Gasteiger partial charge in [-0.25, -0.2) is 14.8 Å². The van der Waals surface area contributed by atoms with Gasteiger partial charge in [0.25, 0.3) is 0 Å². The van der Waals surface area contributed by atoms with Crippen molar-refractivity contribution >= 4 is 23.6 Å². The number of carbonyl (C=O) groups excluding carboxylic acids is 1. The van der Waals surface area contributed by atoms with Gasteiger partial charge in [0, 0.05) is 36.9 Å². The number of nitrogens with zero attached hydrogens (tertiary/aromatic N) is 4. The Kier molecular flexibility index (Phi) is 10.3. The van der Waals surface area contributed by atoms with E-state index in [9.17, 15) is 4.79 Å². The van der Waals surface area contributed by atoms with Gasteiger partial charge in [-0.1, -0.05) is 23.8 Å². The van der Waals surface area contributed by atoms with Crippen molar-refractivity contribution < 1.29 is 9.53 Å². The molecule has 2 heterocycles. The van der Waals surface area contributed by atoms with Gasteiger partial charge < -0.3 is 20.7 Å². The molecule has 0 bridgehead atoms. The van der Waals surface area contributed by atoms with Gasteiger partial charge in [0.05, 0.1) is 23.1 Å². The number of rotatable bonds is 11.